The number of hydrogen-bond acceptors (Lipinski definition) is 3. The summed E-state index contributed by atoms with van der Waals surface area (Å²) >= 11 is 0. The van der Waals surface area contributed by atoms with E-state index < -0.39 is 17.6 Å². The van der Waals surface area contributed by atoms with Crippen molar-refractivity contribution in [2.75, 3.05) is 5.73 Å². The van der Waals surface area contributed by atoms with Crippen molar-refractivity contribution in [3.8, 4) is 5.69 Å². The number of carbonyl (C=O) groups is 1. The van der Waals surface area contributed by atoms with Crippen molar-refractivity contribution < 1.29 is 18.0 Å². The third-order valence-corrected chi connectivity index (χ3v) is 2.47. The van der Waals surface area contributed by atoms with Crippen LogP contribution in [0.1, 0.15) is 15.9 Å². The molecule has 1 heterocycles. The summed E-state index contributed by atoms with van der Waals surface area (Å²) in [6.07, 6.45) is -1.96. The normalized spacial score (nSPS) is 11.5. The number of primary amides is 1. The van der Waals surface area contributed by atoms with Gasteiger partial charge >= 0.3 is 6.18 Å². The van der Waals surface area contributed by atoms with Gasteiger partial charge in [0.05, 0.1) is 28.7 Å². The summed E-state index contributed by atoms with van der Waals surface area (Å²) in [6.45, 7) is 0. The van der Waals surface area contributed by atoms with Gasteiger partial charge in [0.2, 0.25) is 0 Å². The van der Waals surface area contributed by atoms with E-state index in [-0.39, 0.29) is 16.9 Å². The smallest absolute Gasteiger partial charge is 0.397 e. The second kappa shape index (κ2) is 4.30. The first kappa shape index (κ1) is 12.9. The fourth-order valence-corrected chi connectivity index (χ4v) is 1.52. The molecule has 0 saturated heterocycles. The van der Waals surface area contributed by atoms with Crippen LogP contribution in [0.4, 0.5) is 18.9 Å². The number of aromatic nitrogens is 2. The standard InChI is InChI=1S/C11H9F3N4O/c12-11(13,14)7-1-2-9(8(15)3-7)18-5-6(4-17-18)10(16)19/h1-5H,15H2,(H2,16,19). The van der Waals surface area contributed by atoms with Gasteiger partial charge in [-0.25, -0.2) is 4.68 Å². The van der Waals surface area contributed by atoms with Gasteiger partial charge in [-0.05, 0) is 18.2 Å². The summed E-state index contributed by atoms with van der Waals surface area (Å²) in [6, 6.07) is 2.87. The highest BCUT2D eigenvalue weighted by molar-refractivity contribution is 5.92. The monoisotopic (exact) mass is 270 g/mol. The van der Waals surface area contributed by atoms with Crippen LogP contribution in [0, 0.1) is 0 Å². The van der Waals surface area contributed by atoms with E-state index in [1.165, 1.54) is 23.1 Å². The highest BCUT2D eigenvalue weighted by Crippen LogP contribution is 2.32. The van der Waals surface area contributed by atoms with Crippen molar-refractivity contribution in [2.24, 2.45) is 5.73 Å². The molecule has 4 N–H and O–H groups in total. The Bertz CT molecular complexity index is 633. The van der Waals surface area contributed by atoms with Gasteiger partial charge in [-0.3, -0.25) is 4.79 Å². The van der Waals surface area contributed by atoms with Crippen molar-refractivity contribution in [2.45, 2.75) is 6.18 Å². The Kier molecular flexibility index (Phi) is 2.93. The number of amides is 1. The Morgan fingerprint density at radius 2 is 2.00 bits per heavy atom. The lowest BCUT2D eigenvalue weighted by molar-refractivity contribution is -0.137. The van der Waals surface area contributed by atoms with Crippen LogP contribution in [0.25, 0.3) is 5.69 Å². The van der Waals surface area contributed by atoms with Crippen LogP contribution in [-0.4, -0.2) is 15.7 Å². The topological polar surface area (TPSA) is 86.9 Å². The first-order valence-corrected chi connectivity index (χ1v) is 5.10. The van der Waals surface area contributed by atoms with E-state index in [2.05, 4.69) is 5.10 Å². The molecule has 19 heavy (non-hydrogen) atoms. The number of alkyl halides is 3. The Morgan fingerprint density at radius 1 is 1.32 bits per heavy atom. The highest BCUT2D eigenvalue weighted by atomic mass is 19.4. The van der Waals surface area contributed by atoms with Gasteiger partial charge in [-0.2, -0.15) is 18.3 Å². The number of nitrogens with zero attached hydrogens (tertiary/aromatic N) is 2. The molecule has 0 unspecified atom stereocenters. The number of nitrogens with two attached hydrogens (primary N) is 2. The van der Waals surface area contributed by atoms with Crippen molar-refractivity contribution in [1.82, 2.24) is 9.78 Å². The van der Waals surface area contributed by atoms with Gasteiger partial charge in [-0.15, -0.1) is 0 Å². The lowest BCUT2D eigenvalue weighted by Gasteiger charge is -2.10. The molecule has 5 nitrogen and oxygen atoms in total. The largest absolute Gasteiger partial charge is 0.416 e. The molecule has 0 spiro atoms. The number of rotatable bonds is 2. The SMILES string of the molecule is NC(=O)c1cnn(-c2ccc(C(F)(F)F)cc2N)c1. The zero-order valence-corrected chi connectivity index (χ0v) is 9.48. The van der Waals surface area contributed by atoms with E-state index in [1.807, 2.05) is 0 Å². The summed E-state index contributed by atoms with van der Waals surface area (Å²) in [5, 5.41) is 3.81. The van der Waals surface area contributed by atoms with Crippen LogP contribution >= 0.6 is 0 Å². The summed E-state index contributed by atoms with van der Waals surface area (Å²) in [4.78, 5) is 10.9. The molecule has 1 aromatic carbocycles. The average Bonchev–Trinajstić information content (AvgIpc) is 2.76. The van der Waals surface area contributed by atoms with Crippen molar-refractivity contribution in [3.63, 3.8) is 0 Å². The molecule has 100 valence electrons. The van der Waals surface area contributed by atoms with Crippen LogP contribution in [0.15, 0.2) is 30.6 Å². The van der Waals surface area contributed by atoms with Crippen LogP contribution in [0.2, 0.25) is 0 Å². The van der Waals surface area contributed by atoms with Gasteiger partial charge < -0.3 is 11.5 Å². The Morgan fingerprint density at radius 3 is 2.47 bits per heavy atom. The Hall–Kier alpha value is -2.51. The van der Waals surface area contributed by atoms with Crippen molar-refractivity contribution >= 4 is 11.6 Å². The minimum absolute atomic E-state index is 0.103. The maximum atomic E-state index is 12.5. The summed E-state index contributed by atoms with van der Waals surface area (Å²) in [5.74, 6) is -0.684. The zero-order chi connectivity index (χ0) is 14.2. The molecule has 1 aromatic heterocycles. The lowest BCUT2D eigenvalue weighted by Crippen LogP contribution is -2.10. The number of nitrogen functional groups attached to an aromatic ring is 1. The van der Waals surface area contributed by atoms with E-state index in [0.29, 0.717) is 0 Å². The number of carbonyl (C=O) groups excluding carboxylic acids is 1. The van der Waals surface area contributed by atoms with Crippen LogP contribution in [-0.2, 0) is 6.18 Å². The molecular formula is C11H9F3N4O. The molecule has 2 aromatic rings. The van der Waals surface area contributed by atoms with Crippen LogP contribution in [0.5, 0.6) is 0 Å². The second-order valence-electron chi connectivity index (χ2n) is 3.81. The van der Waals surface area contributed by atoms with Gasteiger partial charge in [0.25, 0.3) is 5.91 Å². The summed E-state index contributed by atoms with van der Waals surface area (Å²) in [7, 11) is 0. The van der Waals surface area contributed by atoms with Gasteiger partial charge in [0.15, 0.2) is 0 Å². The molecule has 0 saturated carbocycles. The van der Waals surface area contributed by atoms with E-state index in [9.17, 15) is 18.0 Å². The van der Waals surface area contributed by atoms with E-state index in [0.717, 1.165) is 12.1 Å². The highest BCUT2D eigenvalue weighted by Gasteiger charge is 2.30. The first-order valence-electron chi connectivity index (χ1n) is 5.10. The lowest BCUT2D eigenvalue weighted by atomic mass is 10.1. The Labute approximate surface area is 105 Å². The molecule has 0 atom stereocenters. The predicted octanol–water partition coefficient (Wildman–Crippen LogP) is 1.57. The fraction of sp³-hybridized carbons (Fsp3) is 0.0909. The maximum Gasteiger partial charge on any atom is 0.416 e. The first-order chi connectivity index (χ1) is 8.79. The number of anilines is 1. The van der Waals surface area contributed by atoms with Gasteiger partial charge in [0.1, 0.15) is 0 Å². The molecule has 0 radical (unpaired) electrons. The van der Waals surface area contributed by atoms with Crippen LogP contribution < -0.4 is 11.5 Å². The molecule has 0 aliphatic rings. The molecule has 1 amide bonds. The number of hydrogen-bond donors (Lipinski definition) is 2. The maximum absolute atomic E-state index is 12.5. The summed E-state index contributed by atoms with van der Waals surface area (Å²) < 4.78 is 38.6. The predicted molar refractivity (Wildman–Crippen MR) is 61.5 cm³/mol. The quantitative estimate of drug-likeness (QED) is 0.812. The third-order valence-electron chi connectivity index (χ3n) is 2.47. The van der Waals surface area contributed by atoms with Crippen molar-refractivity contribution in [1.29, 1.82) is 0 Å². The summed E-state index contributed by atoms with van der Waals surface area (Å²) in [5.41, 5.74) is 10.0. The number of halogens is 3. The molecule has 0 aliphatic carbocycles. The molecule has 0 fully saturated rings. The van der Waals surface area contributed by atoms with E-state index >= 15 is 0 Å². The molecule has 8 heteroatoms. The Balaban J connectivity index is 2.43. The van der Waals surface area contributed by atoms with E-state index in [4.69, 9.17) is 11.5 Å². The van der Waals surface area contributed by atoms with Crippen LogP contribution in [0.3, 0.4) is 0 Å². The molecular weight excluding hydrogens is 261 g/mol. The molecule has 2 rings (SSSR count). The molecule has 0 aliphatic heterocycles. The fourth-order valence-electron chi connectivity index (χ4n) is 1.52. The van der Waals surface area contributed by atoms with Crippen molar-refractivity contribution in [3.05, 3.63) is 41.7 Å². The minimum atomic E-state index is -4.46. The third kappa shape index (κ3) is 2.51. The van der Waals surface area contributed by atoms with Gasteiger partial charge in [-0.1, -0.05) is 0 Å². The van der Waals surface area contributed by atoms with E-state index in [1.54, 1.807) is 0 Å². The molecule has 0 bridgehead atoms. The zero-order valence-electron chi connectivity index (χ0n) is 9.48. The number of benzene rings is 1. The van der Waals surface area contributed by atoms with Gasteiger partial charge in [0, 0.05) is 6.20 Å². The minimum Gasteiger partial charge on any atom is -0.397 e. The second-order valence-corrected chi connectivity index (χ2v) is 3.81. The average molecular weight is 270 g/mol.